The lowest BCUT2D eigenvalue weighted by atomic mass is 9.98. The van der Waals surface area contributed by atoms with Gasteiger partial charge in [0, 0.05) is 17.0 Å². The zero-order chi connectivity index (χ0) is 14.8. The van der Waals surface area contributed by atoms with Gasteiger partial charge in [-0.15, -0.1) is 11.3 Å². The van der Waals surface area contributed by atoms with Gasteiger partial charge in [0.1, 0.15) is 0 Å². The molecule has 4 rings (SSSR count). The van der Waals surface area contributed by atoms with Crippen molar-refractivity contribution in [1.29, 1.82) is 0 Å². The maximum atomic E-state index is 12.5. The van der Waals surface area contributed by atoms with Gasteiger partial charge in [-0.05, 0) is 64.2 Å². The van der Waals surface area contributed by atoms with Crippen LogP contribution in [0.4, 0.5) is 10.7 Å². The quantitative estimate of drug-likeness (QED) is 0.766. The molecule has 3 N–H and O–H groups in total. The Morgan fingerprint density at radius 3 is 2.38 bits per heavy atom. The Morgan fingerprint density at radius 1 is 1.19 bits per heavy atom. The predicted octanol–water partition coefficient (Wildman–Crippen LogP) is 4.40. The molecule has 1 heterocycles. The molecule has 0 radical (unpaired) electrons. The van der Waals surface area contributed by atoms with E-state index in [0.717, 1.165) is 29.3 Å². The number of hydrogen-bond donors (Lipinski definition) is 2. The number of ketones is 1. The second kappa shape index (κ2) is 4.48. The van der Waals surface area contributed by atoms with Crippen LogP contribution in [0, 0.1) is 11.8 Å². The number of anilines is 2. The molecule has 21 heavy (non-hydrogen) atoms. The Morgan fingerprint density at radius 2 is 1.86 bits per heavy atom. The molecule has 1 aromatic heterocycles. The summed E-state index contributed by atoms with van der Waals surface area (Å²) in [6, 6.07) is 0. The summed E-state index contributed by atoms with van der Waals surface area (Å²) in [6.07, 6.45) is 7.16. The van der Waals surface area contributed by atoms with Crippen LogP contribution in [0.1, 0.15) is 73.5 Å². The van der Waals surface area contributed by atoms with E-state index in [1.165, 1.54) is 36.2 Å². The minimum absolute atomic E-state index is 0.112. The molecule has 0 atom stereocenters. The van der Waals surface area contributed by atoms with E-state index in [2.05, 4.69) is 19.2 Å². The molecule has 0 aliphatic heterocycles. The van der Waals surface area contributed by atoms with Gasteiger partial charge in [-0.3, -0.25) is 4.79 Å². The summed E-state index contributed by atoms with van der Waals surface area (Å²) in [6.45, 7) is 4.55. The van der Waals surface area contributed by atoms with Gasteiger partial charge in [0.2, 0.25) is 0 Å². The summed E-state index contributed by atoms with van der Waals surface area (Å²) >= 11 is 1.62. The van der Waals surface area contributed by atoms with E-state index in [1.807, 2.05) is 0 Å². The molecule has 3 aliphatic rings. The van der Waals surface area contributed by atoms with Gasteiger partial charge in [-0.25, -0.2) is 0 Å². The first-order chi connectivity index (χ1) is 9.97. The Hall–Kier alpha value is -1.03. The molecule has 114 valence electrons. The number of nitrogen functional groups attached to an aromatic ring is 1. The number of carbonyl (C=O) groups excluding carboxylic acids is 1. The van der Waals surface area contributed by atoms with Crippen molar-refractivity contribution in [3.05, 3.63) is 10.4 Å². The van der Waals surface area contributed by atoms with Crippen LogP contribution in [0.3, 0.4) is 0 Å². The molecule has 0 aromatic carbocycles. The van der Waals surface area contributed by atoms with E-state index >= 15 is 0 Å². The molecule has 3 aliphatic carbocycles. The van der Waals surface area contributed by atoms with Gasteiger partial charge in [-0.1, -0.05) is 0 Å². The van der Waals surface area contributed by atoms with Gasteiger partial charge in [0.25, 0.3) is 0 Å². The summed E-state index contributed by atoms with van der Waals surface area (Å²) in [5.74, 6) is 1.88. The lowest BCUT2D eigenvalue weighted by Crippen LogP contribution is -2.33. The van der Waals surface area contributed by atoms with Gasteiger partial charge < -0.3 is 11.1 Å². The summed E-state index contributed by atoms with van der Waals surface area (Å²) < 4.78 is 0. The first-order valence-electron chi connectivity index (χ1n) is 8.22. The zero-order valence-electron chi connectivity index (χ0n) is 12.9. The van der Waals surface area contributed by atoms with Gasteiger partial charge in [0.15, 0.2) is 5.78 Å². The smallest absolute Gasteiger partial charge is 0.178 e. The summed E-state index contributed by atoms with van der Waals surface area (Å²) in [7, 11) is 0. The average Bonchev–Trinajstić information content (AvgIpc) is 3.26. The van der Waals surface area contributed by atoms with Gasteiger partial charge >= 0.3 is 0 Å². The van der Waals surface area contributed by atoms with Crippen LogP contribution in [0.2, 0.25) is 0 Å². The van der Waals surface area contributed by atoms with Crippen LogP contribution < -0.4 is 11.1 Å². The lowest BCUT2D eigenvalue weighted by Gasteiger charge is -2.27. The fourth-order valence-corrected chi connectivity index (χ4v) is 4.63. The maximum absolute atomic E-state index is 12.5. The number of rotatable bonds is 6. The number of nitrogens with two attached hydrogens (primary N) is 1. The van der Waals surface area contributed by atoms with E-state index in [0.29, 0.717) is 5.92 Å². The van der Waals surface area contributed by atoms with Crippen molar-refractivity contribution in [1.82, 2.24) is 0 Å². The number of nitrogens with one attached hydrogen (secondary N) is 1. The Kier molecular flexibility index (Phi) is 2.91. The topological polar surface area (TPSA) is 55.1 Å². The Labute approximate surface area is 130 Å². The minimum atomic E-state index is 0.112. The standard InChI is InChI=1S/C17H24N2OS/c1-17(2,11-7-8-11)19-16-12(9-3-4-9)13(18)15(21-16)14(20)10-5-6-10/h9-11,19H,3-8,18H2,1-2H3. The van der Waals surface area contributed by atoms with E-state index in [9.17, 15) is 4.79 Å². The van der Waals surface area contributed by atoms with Crippen molar-refractivity contribution >= 4 is 27.8 Å². The Bertz CT molecular complexity index is 592. The third-order valence-corrected chi connectivity index (χ3v) is 6.33. The van der Waals surface area contributed by atoms with Gasteiger partial charge in [0.05, 0.1) is 15.6 Å². The number of thiophene rings is 1. The fraction of sp³-hybridized carbons (Fsp3) is 0.706. The van der Waals surface area contributed by atoms with Crippen molar-refractivity contribution < 1.29 is 4.79 Å². The second-order valence-corrected chi connectivity index (χ2v) is 8.64. The summed E-state index contributed by atoms with van der Waals surface area (Å²) in [4.78, 5) is 13.3. The van der Waals surface area contributed by atoms with Crippen LogP contribution >= 0.6 is 11.3 Å². The monoisotopic (exact) mass is 304 g/mol. The van der Waals surface area contributed by atoms with Crippen molar-refractivity contribution in [2.45, 2.75) is 63.8 Å². The van der Waals surface area contributed by atoms with Crippen LogP contribution in [0.5, 0.6) is 0 Å². The normalized spacial score (nSPS) is 22.4. The molecule has 3 nitrogen and oxygen atoms in total. The van der Waals surface area contributed by atoms with Crippen molar-refractivity contribution in [2.75, 3.05) is 11.1 Å². The molecule has 3 fully saturated rings. The highest BCUT2D eigenvalue weighted by Gasteiger charge is 2.41. The molecule has 0 bridgehead atoms. The van der Waals surface area contributed by atoms with Crippen LogP contribution in [0.15, 0.2) is 0 Å². The molecule has 0 spiro atoms. The lowest BCUT2D eigenvalue weighted by molar-refractivity contribution is 0.0972. The Balaban J connectivity index is 1.67. The van der Waals surface area contributed by atoms with Crippen molar-refractivity contribution in [3.63, 3.8) is 0 Å². The van der Waals surface area contributed by atoms with Crippen molar-refractivity contribution in [2.24, 2.45) is 11.8 Å². The van der Waals surface area contributed by atoms with E-state index in [1.54, 1.807) is 11.3 Å². The number of carbonyl (C=O) groups is 1. The minimum Gasteiger partial charge on any atom is -0.397 e. The molecular formula is C17H24N2OS. The molecule has 0 unspecified atom stereocenters. The number of hydrogen-bond acceptors (Lipinski definition) is 4. The van der Waals surface area contributed by atoms with E-state index in [-0.39, 0.29) is 17.2 Å². The first kappa shape index (κ1) is 13.6. The third-order valence-electron chi connectivity index (χ3n) is 5.17. The molecule has 0 amide bonds. The molecular weight excluding hydrogens is 280 g/mol. The molecule has 1 aromatic rings. The first-order valence-corrected chi connectivity index (χ1v) is 9.03. The van der Waals surface area contributed by atoms with Crippen LogP contribution in [-0.4, -0.2) is 11.3 Å². The van der Waals surface area contributed by atoms with Gasteiger partial charge in [-0.2, -0.15) is 0 Å². The van der Waals surface area contributed by atoms with Crippen molar-refractivity contribution in [3.8, 4) is 0 Å². The largest absolute Gasteiger partial charge is 0.397 e. The van der Waals surface area contributed by atoms with Crippen LogP contribution in [0.25, 0.3) is 0 Å². The zero-order valence-corrected chi connectivity index (χ0v) is 13.7. The second-order valence-electron chi connectivity index (χ2n) is 7.62. The molecule has 4 heteroatoms. The SMILES string of the molecule is CC(C)(Nc1sc(C(=O)C2CC2)c(N)c1C1CC1)C1CC1. The van der Waals surface area contributed by atoms with E-state index in [4.69, 9.17) is 5.73 Å². The average molecular weight is 304 g/mol. The fourth-order valence-electron chi connectivity index (χ4n) is 3.24. The van der Waals surface area contributed by atoms with E-state index < -0.39 is 0 Å². The highest BCUT2D eigenvalue weighted by Crippen LogP contribution is 2.53. The third kappa shape index (κ3) is 2.48. The highest BCUT2D eigenvalue weighted by atomic mass is 32.1. The summed E-state index contributed by atoms with van der Waals surface area (Å²) in [5, 5.41) is 4.91. The highest BCUT2D eigenvalue weighted by molar-refractivity contribution is 7.19. The maximum Gasteiger partial charge on any atom is 0.178 e. The molecule has 0 saturated heterocycles. The van der Waals surface area contributed by atoms with Crippen LogP contribution in [-0.2, 0) is 0 Å². The summed E-state index contributed by atoms with van der Waals surface area (Å²) in [5.41, 5.74) is 8.52. The molecule has 3 saturated carbocycles. The number of Topliss-reactive ketones (excluding diaryl/α,β-unsaturated/α-hetero) is 1. The predicted molar refractivity (Wildman–Crippen MR) is 88.2 cm³/mol.